The third-order valence-electron chi connectivity index (χ3n) is 4.59. The van der Waals surface area contributed by atoms with Gasteiger partial charge in [0.05, 0.1) is 26.9 Å². The highest BCUT2D eigenvalue weighted by atomic mass is 32.1. The first kappa shape index (κ1) is 20.7. The van der Waals surface area contributed by atoms with Crippen molar-refractivity contribution in [3.05, 3.63) is 75.9 Å². The fraction of sp³-hybridized carbons (Fsp3) is 0.0952. The van der Waals surface area contributed by atoms with E-state index in [1.54, 1.807) is 13.0 Å². The molecule has 2 aromatic heterocycles. The van der Waals surface area contributed by atoms with E-state index < -0.39 is 35.0 Å². The number of thiophene rings is 1. The average Bonchev–Trinajstić information content (AvgIpc) is 3.24. The summed E-state index contributed by atoms with van der Waals surface area (Å²) >= 11 is 1.30. The molecule has 158 valence electrons. The van der Waals surface area contributed by atoms with Crippen LogP contribution in [-0.2, 0) is 6.18 Å². The van der Waals surface area contributed by atoms with E-state index in [2.05, 4.69) is 5.10 Å². The van der Waals surface area contributed by atoms with Crippen LogP contribution in [0.5, 0.6) is 0 Å². The van der Waals surface area contributed by atoms with Crippen LogP contribution in [0.1, 0.15) is 31.2 Å². The molecule has 2 aromatic carbocycles. The summed E-state index contributed by atoms with van der Waals surface area (Å²) in [5.41, 5.74) is -0.927. The number of carbonyl (C=O) groups is 2. The van der Waals surface area contributed by atoms with Crippen molar-refractivity contribution in [1.82, 2.24) is 9.78 Å². The summed E-state index contributed by atoms with van der Waals surface area (Å²) in [6.45, 7) is 1.77. The van der Waals surface area contributed by atoms with E-state index in [0.717, 1.165) is 21.7 Å². The quantitative estimate of drug-likeness (QED) is 0.413. The van der Waals surface area contributed by atoms with Gasteiger partial charge in [0.15, 0.2) is 0 Å². The molecule has 0 unspecified atom stereocenters. The molecular formula is C21H12F4N2O3S. The molecule has 0 radical (unpaired) electrons. The van der Waals surface area contributed by atoms with Gasteiger partial charge in [0, 0.05) is 10.4 Å². The van der Waals surface area contributed by atoms with Gasteiger partial charge < -0.3 is 5.11 Å². The Kier molecular flexibility index (Phi) is 4.89. The van der Waals surface area contributed by atoms with Crippen LogP contribution in [0.2, 0.25) is 0 Å². The molecule has 0 saturated carbocycles. The van der Waals surface area contributed by atoms with Crippen molar-refractivity contribution in [1.29, 1.82) is 0 Å². The Morgan fingerprint density at radius 2 is 1.74 bits per heavy atom. The number of hydrogen-bond acceptors (Lipinski definition) is 4. The predicted molar refractivity (Wildman–Crippen MR) is 106 cm³/mol. The number of fused-ring (bicyclic) bond motifs is 1. The maximum Gasteiger partial charge on any atom is 0.417 e. The number of halogens is 4. The summed E-state index contributed by atoms with van der Waals surface area (Å²) in [5.74, 6) is -3.27. The molecule has 5 nitrogen and oxygen atoms in total. The highest BCUT2D eigenvalue weighted by molar-refractivity contribution is 7.19. The molecule has 0 bridgehead atoms. The Hall–Kier alpha value is -3.53. The summed E-state index contributed by atoms with van der Waals surface area (Å²) in [6.07, 6.45) is -4.93. The SMILES string of the molecule is Cc1cc2c(s1)c(-c1ccc(C(=O)O)cc1)nn2C(=O)c1ccc(F)cc1C(F)(F)F. The predicted octanol–water partition coefficient (Wildman–Crippen LogP) is 5.62. The summed E-state index contributed by atoms with van der Waals surface area (Å²) in [6, 6.07) is 9.22. The molecule has 4 aromatic rings. The molecule has 0 fully saturated rings. The molecule has 2 heterocycles. The summed E-state index contributed by atoms with van der Waals surface area (Å²) in [5, 5.41) is 13.3. The second-order valence-electron chi connectivity index (χ2n) is 6.71. The number of aromatic nitrogens is 2. The Labute approximate surface area is 176 Å². The molecule has 1 N–H and O–H groups in total. The van der Waals surface area contributed by atoms with Gasteiger partial charge in [-0.15, -0.1) is 11.3 Å². The molecule has 0 aliphatic heterocycles. The van der Waals surface area contributed by atoms with Crippen molar-refractivity contribution in [3.63, 3.8) is 0 Å². The molecule has 0 saturated heterocycles. The fourth-order valence-electron chi connectivity index (χ4n) is 3.19. The number of carboxylic acid groups (broad SMARTS) is 1. The molecule has 0 aliphatic carbocycles. The van der Waals surface area contributed by atoms with E-state index in [-0.39, 0.29) is 11.6 Å². The minimum Gasteiger partial charge on any atom is -0.478 e. The zero-order valence-electron chi connectivity index (χ0n) is 15.7. The van der Waals surface area contributed by atoms with Crippen molar-refractivity contribution in [2.45, 2.75) is 13.1 Å². The van der Waals surface area contributed by atoms with Crippen LogP contribution in [0.25, 0.3) is 21.5 Å². The van der Waals surface area contributed by atoms with Crippen LogP contribution in [0.15, 0.2) is 48.5 Å². The monoisotopic (exact) mass is 448 g/mol. The van der Waals surface area contributed by atoms with Crippen molar-refractivity contribution in [2.75, 3.05) is 0 Å². The Balaban J connectivity index is 1.89. The third-order valence-corrected chi connectivity index (χ3v) is 5.64. The normalized spacial score (nSPS) is 11.8. The topological polar surface area (TPSA) is 72.2 Å². The van der Waals surface area contributed by atoms with Crippen molar-refractivity contribution < 1.29 is 32.3 Å². The van der Waals surface area contributed by atoms with Crippen molar-refractivity contribution in [2.24, 2.45) is 0 Å². The minimum atomic E-state index is -4.93. The highest BCUT2D eigenvalue weighted by Crippen LogP contribution is 2.37. The van der Waals surface area contributed by atoms with Crippen LogP contribution < -0.4 is 0 Å². The lowest BCUT2D eigenvalue weighted by molar-refractivity contribution is -0.138. The smallest absolute Gasteiger partial charge is 0.417 e. The van der Waals surface area contributed by atoms with Gasteiger partial charge in [0.25, 0.3) is 5.91 Å². The maximum absolute atomic E-state index is 13.4. The number of alkyl halides is 3. The Morgan fingerprint density at radius 3 is 2.35 bits per heavy atom. The second kappa shape index (κ2) is 7.31. The summed E-state index contributed by atoms with van der Waals surface area (Å²) in [7, 11) is 0. The molecule has 4 rings (SSSR count). The van der Waals surface area contributed by atoms with E-state index in [1.165, 1.54) is 35.6 Å². The number of nitrogens with zero attached hydrogens (tertiary/aromatic N) is 2. The second-order valence-corrected chi connectivity index (χ2v) is 7.96. The molecule has 0 aliphatic rings. The van der Waals surface area contributed by atoms with Gasteiger partial charge in [0.1, 0.15) is 11.5 Å². The zero-order chi connectivity index (χ0) is 22.5. The van der Waals surface area contributed by atoms with Gasteiger partial charge in [-0.05, 0) is 43.3 Å². The van der Waals surface area contributed by atoms with Gasteiger partial charge in [-0.2, -0.15) is 23.0 Å². The molecule has 10 heteroatoms. The molecular weight excluding hydrogens is 436 g/mol. The van der Waals surface area contributed by atoms with Crippen LogP contribution in [-0.4, -0.2) is 26.8 Å². The Morgan fingerprint density at radius 1 is 1.06 bits per heavy atom. The van der Waals surface area contributed by atoms with Crippen LogP contribution in [0.4, 0.5) is 17.6 Å². The average molecular weight is 448 g/mol. The Bertz CT molecular complexity index is 1340. The lowest BCUT2D eigenvalue weighted by Gasteiger charge is -2.12. The first-order valence-corrected chi connectivity index (χ1v) is 9.62. The molecule has 0 amide bonds. The summed E-state index contributed by atoms with van der Waals surface area (Å²) in [4.78, 5) is 24.9. The van der Waals surface area contributed by atoms with Crippen LogP contribution in [0.3, 0.4) is 0 Å². The van der Waals surface area contributed by atoms with E-state index >= 15 is 0 Å². The number of rotatable bonds is 3. The van der Waals surface area contributed by atoms with Crippen molar-refractivity contribution in [3.8, 4) is 11.3 Å². The third kappa shape index (κ3) is 3.70. The van der Waals surface area contributed by atoms with Gasteiger partial charge in [-0.1, -0.05) is 12.1 Å². The van der Waals surface area contributed by atoms with E-state index in [9.17, 15) is 27.2 Å². The van der Waals surface area contributed by atoms with Gasteiger partial charge in [-0.25, -0.2) is 9.18 Å². The number of carboxylic acids is 1. The summed E-state index contributed by atoms with van der Waals surface area (Å²) < 4.78 is 55.1. The number of aromatic carboxylic acids is 1. The van der Waals surface area contributed by atoms with E-state index in [0.29, 0.717) is 21.5 Å². The van der Waals surface area contributed by atoms with E-state index in [1.807, 2.05) is 0 Å². The minimum absolute atomic E-state index is 0.0546. The number of aryl methyl sites for hydroxylation is 1. The zero-order valence-corrected chi connectivity index (χ0v) is 16.5. The van der Waals surface area contributed by atoms with Gasteiger partial charge in [-0.3, -0.25) is 4.79 Å². The van der Waals surface area contributed by atoms with Crippen LogP contribution in [0, 0.1) is 12.7 Å². The highest BCUT2D eigenvalue weighted by Gasteiger charge is 2.36. The number of carbonyl (C=O) groups excluding carboxylic acids is 1. The molecule has 0 atom stereocenters. The number of benzene rings is 2. The lowest BCUT2D eigenvalue weighted by atomic mass is 10.1. The van der Waals surface area contributed by atoms with Crippen molar-refractivity contribution >= 4 is 33.4 Å². The molecule has 0 spiro atoms. The lowest BCUT2D eigenvalue weighted by Crippen LogP contribution is -2.20. The van der Waals surface area contributed by atoms with Crippen LogP contribution >= 0.6 is 11.3 Å². The first-order valence-electron chi connectivity index (χ1n) is 8.80. The van der Waals surface area contributed by atoms with Gasteiger partial charge >= 0.3 is 12.1 Å². The standard InChI is InChI=1S/C21H12F4N2O3S/c1-10-8-16-18(31-10)17(11-2-4-12(5-3-11)20(29)30)26-27(16)19(28)14-7-6-13(22)9-15(14)21(23,24)25/h2-9H,1H3,(H,29,30). The first-order chi connectivity index (χ1) is 14.6. The largest absolute Gasteiger partial charge is 0.478 e. The van der Waals surface area contributed by atoms with E-state index in [4.69, 9.17) is 5.11 Å². The fourth-order valence-corrected chi connectivity index (χ4v) is 4.19. The molecule has 31 heavy (non-hydrogen) atoms. The number of hydrogen-bond donors (Lipinski definition) is 1. The maximum atomic E-state index is 13.4. The van der Waals surface area contributed by atoms with Gasteiger partial charge in [0.2, 0.25) is 0 Å².